The second-order valence-corrected chi connectivity index (χ2v) is 7.77. The molecule has 0 fully saturated rings. The van der Waals surface area contributed by atoms with Crippen LogP contribution in [0.4, 0.5) is 0 Å². The normalized spacial score (nSPS) is 12.0. The van der Waals surface area contributed by atoms with Crippen LogP contribution in [0.5, 0.6) is 11.5 Å². The molecule has 7 nitrogen and oxygen atoms in total. The molecule has 0 spiro atoms. The first-order chi connectivity index (χ1) is 14.6. The number of thioether (sulfide) groups is 1. The van der Waals surface area contributed by atoms with Crippen LogP contribution in [-0.4, -0.2) is 27.5 Å². The Labute approximate surface area is 179 Å². The summed E-state index contributed by atoms with van der Waals surface area (Å²) in [4.78, 5) is 12.5. The third-order valence-corrected chi connectivity index (χ3v) is 5.64. The summed E-state index contributed by atoms with van der Waals surface area (Å²) in [7, 11) is 0. The predicted octanol–water partition coefficient (Wildman–Crippen LogP) is 3.72. The molecule has 2 heterocycles. The minimum atomic E-state index is -0.213. The molecule has 30 heavy (non-hydrogen) atoms. The summed E-state index contributed by atoms with van der Waals surface area (Å²) in [5.74, 6) is 2.48. The zero-order valence-corrected chi connectivity index (χ0v) is 17.4. The SMILES string of the molecule is C=CCn1c(CNC(=O)c2ccc3c(c2)OCO3)nnc1SCc1cccc(C)c1. The quantitative estimate of drug-likeness (QED) is 0.440. The molecular formula is C22H22N4O3S. The Bertz CT molecular complexity index is 1080. The second kappa shape index (κ2) is 9.04. The molecule has 0 aliphatic carbocycles. The van der Waals surface area contributed by atoms with Crippen LogP contribution in [0.1, 0.15) is 27.3 Å². The Kier molecular flexibility index (Phi) is 6.04. The van der Waals surface area contributed by atoms with Crippen LogP contribution >= 0.6 is 11.8 Å². The van der Waals surface area contributed by atoms with E-state index in [1.54, 1.807) is 36.0 Å². The third kappa shape index (κ3) is 4.49. The van der Waals surface area contributed by atoms with E-state index in [9.17, 15) is 4.79 Å². The number of aromatic nitrogens is 3. The Morgan fingerprint density at radius 3 is 2.93 bits per heavy atom. The van der Waals surface area contributed by atoms with Crippen LogP contribution in [0.3, 0.4) is 0 Å². The number of aryl methyl sites for hydroxylation is 1. The van der Waals surface area contributed by atoms with Crippen molar-refractivity contribution in [1.82, 2.24) is 20.1 Å². The van der Waals surface area contributed by atoms with Crippen molar-refractivity contribution < 1.29 is 14.3 Å². The Morgan fingerprint density at radius 2 is 2.10 bits per heavy atom. The average Bonchev–Trinajstić information content (AvgIpc) is 3.37. The van der Waals surface area contributed by atoms with Crippen LogP contribution in [0.15, 0.2) is 60.3 Å². The highest BCUT2D eigenvalue weighted by molar-refractivity contribution is 7.98. The summed E-state index contributed by atoms with van der Waals surface area (Å²) in [6.07, 6.45) is 1.79. The van der Waals surface area contributed by atoms with Gasteiger partial charge in [0.05, 0.1) is 6.54 Å². The van der Waals surface area contributed by atoms with Gasteiger partial charge in [-0.3, -0.25) is 4.79 Å². The molecule has 3 aromatic rings. The van der Waals surface area contributed by atoms with Gasteiger partial charge < -0.3 is 19.4 Å². The number of hydrogen-bond donors (Lipinski definition) is 1. The molecular weight excluding hydrogens is 400 g/mol. The van der Waals surface area contributed by atoms with Crippen LogP contribution in [-0.2, 0) is 18.8 Å². The van der Waals surface area contributed by atoms with Crippen molar-refractivity contribution in [2.45, 2.75) is 30.9 Å². The standard InChI is InChI=1S/C22H22N4O3S/c1-3-9-26-20(24-25-22(26)30-13-16-6-4-5-15(2)10-16)12-23-21(27)17-7-8-18-19(11-17)29-14-28-18/h3-8,10-11H,1,9,12-14H2,2H3,(H,23,27). The molecule has 154 valence electrons. The number of carbonyl (C=O) groups is 1. The lowest BCUT2D eigenvalue weighted by Crippen LogP contribution is -2.24. The van der Waals surface area contributed by atoms with E-state index in [4.69, 9.17) is 9.47 Å². The van der Waals surface area contributed by atoms with Crippen molar-refractivity contribution in [2.24, 2.45) is 0 Å². The molecule has 0 saturated carbocycles. The number of amides is 1. The molecule has 1 aromatic heterocycles. The fourth-order valence-electron chi connectivity index (χ4n) is 3.12. The van der Waals surface area contributed by atoms with E-state index in [0.29, 0.717) is 29.4 Å². The topological polar surface area (TPSA) is 78.3 Å². The van der Waals surface area contributed by atoms with E-state index in [2.05, 4.69) is 53.3 Å². The molecule has 0 atom stereocenters. The van der Waals surface area contributed by atoms with Crippen molar-refractivity contribution in [1.29, 1.82) is 0 Å². The fraction of sp³-hybridized carbons (Fsp3) is 0.227. The number of hydrogen-bond acceptors (Lipinski definition) is 6. The highest BCUT2D eigenvalue weighted by atomic mass is 32.2. The second-order valence-electron chi connectivity index (χ2n) is 6.83. The third-order valence-electron chi connectivity index (χ3n) is 4.60. The zero-order chi connectivity index (χ0) is 20.9. The van der Waals surface area contributed by atoms with Crippen LogP contribution in [0.25, 0.3) is 0 Å². The van der Waals surface area contributed by atoms with E-state index in [1.807, 2.05) is 4.57 Å². The van der Waals surface area contributed by atoms with Gasteiger partial charge in [0.15, 0.2) is 22.5 Å². The largest absolute Gasteiger partial charge is 0.454 e. The lowest BCUT2D eigenvalue weighted by Gasteiger charge is -2.09. The van der Waals surface area contributed by atoms with Gasteiger partial charge in [-0.15, -0.1) is 16.8 Å². The number of nitrogens with one attached hydrogen (secondary N) is 1. The molecule has 1 aliphatic heterocycles. The zero-order valence-electron chi connectivity index (χ0n) is 16.6. The number of allylic oxidation sites excluding steroid dienone is 1. The minimum absolute atomic E-state index is 0.175. The van der Waals surface area contributed by atoms with Crippen LogP contribution < -0.4 is 14.8 Å². The van der Waals surface area contributed by atoms with Gasteiger partial charge in [-0.2, -0.15) is 0 Å². The maximum atomic E-state index is 12.5. The number of rotatable bonds is 8. The first kappa shape index (κ1) is 20.0. The Hall–Kier alpha value is -3.26. The molecule has 2 aromatic carbocycles. The van der Waals surface area contributed by atoms with Gasteiger partial charge in [-0.05, 0) is 30.7 Å². The Morgan fingerprint density at radius 1 is 1.23 bits per heavy atom. The Balaban J connectivity index is 1.42. The predicted molar refractivity (Wildman–Crippen MR) is 115 cm³/mol. The van der Waals surface area contributed by atoms with E-state index in [-0.39, 0.29) is 19.2 Å². The van der Waals surface area contributed by atoms with Gasteiger partial charge in [0, 0.05) is 17.9 Å². The average molecular weight is 423 g/mol. The van der Waals surface area contributed by atoms with Crippen LogP contribution in [0.2, 0.25) is 0 Å². The summed E-state index contributed by atoms with van der Waals surface area (Å²) >= 11 is 1.61. The van der Waals surface area contributed by atoms with E-state index < -0.39 is 0 Å². The van der Waals surface area contributed by atoms with Crippen molar-refractivity contribution in [3.63, 3.8) is 0 Å². The van der Waals surface area contributed by atoms with Crippen LogP contribution in [0, 0.1) is 6.92 Å². The molecule has 1 aliphatic rings. The molecule has 0 radical (unpaired) electrons. The van der Waals surface area contributed by atoms with Gasteiger partial charge in [0.25, 0.3) is 5.91 Å². The number of nitrogens with zero attached hydrogens (tertiary/aromatic N) is 3. The first-order valence-electron chi connectivity index (χ1n) is 9.53. The van der Waals surface area contributed by atoms with Crippen molar-refractivity contribution >= 4 is 17.7 Å². The van der Waals surface area contributed by atoms with Gasteiger partial charge >= 0.3 is 0 Å². The smallest absolute Gasteiger partial charge is 0.251 e. The van der Waals surface area contributed by atoms with Crippen molar-refractivity contribution in [2.75, 3.05) is 6.79 Å². The summed E-state index contributed by atoms with van der Waals surface area (Å²) in [6.45, 7) is 6.91. The number of ether oxygens (including phenoxy) is 2. The maximum Gasteiger partial charge on any atom is 0.251 e. The van der Waals surface area contributed by atoms with Gasteiger partial charge in [0.2, 0.25) is 6.79 Å². The molecule has 1 amide bonds. The number of fused-ring (bicyclic) bond motifs is 1. The summed E-state index contributed by atoms with van der Waals surface area (Å²) in [5.41, 5.74) is 2.96. The van der Waals surface area contributed by atoms with Gasteiger partial charge in [0.1, 0.15) is 0 Å². The lowest BCUT2D eigenvalue weighted by atomic mass is 10.2. The number of carbonyl (C=O) groups excluding carboxylic acids is 1. The molecule has 0 unspecified atom stereocenters. The van der Waals surface area contributed by atoms with Gasteiger partial charge in [-0.1, -0.05) is 47.7 Å². The highest BCUT2D eigenvalue weighted by Crippen LogP contribution is 2.32. The lowest BCUT2D eigenvalue weighted by molar-refractivity contribution is 0.0949. The molecule has 1 N–H and O–H groups in total. The molecule has 0 bridgehead atoms. The van der Waals surface area contributed by atoms with Crippen molar-refractivity contribution in [3.8, 4) is 11.5 Å². The molecule has 8 heteroatoms. The summed E-state index contributed by atoms with van der Waals surface area (Å²) in [5, 5.41) is 12.3. The fourth-order valence-corrected chi connectivity index (χ4v) is 4.03. The minimum Gasteiger partial charge on any atom is -0.454 e. The maximum absolute atomic E-state index is 12.5. The summed E-state index contributed by atoms with van der Waals surface area (Å²) in [6, 6.07) is 13.5. The number of benzene rings is 2. The monoisotopic (exact) mass is 422 g/mol. The van der Waals surface area contributed by atoms with E-state index in [0.717, 1.165) is 10.9 Å². The highest BCUT2D eigenvalue weighted by Gasteiger charge is 2.17. The first-order valence-corrected chi connectivity index (χ1v) is 10.5. The molecule has 4 rings (SSSR count). The molecule has 0 saturated heterocycles. The van der Waals surface area contributed by atoms with Gasteiger partial charge in [-0.25, -0.2) is 0 Å². The van der Waals surface area contributed by atoms with E-state index >= 15 is 0 Å². The van der Waals surface area contributed by atoms with Crippen molar-refractivity contribution in [3.05, 3.63) is 77.6 Å². The summed E-state index contributed by atoms with van der Waals surface area (Å²) < 4.78 is 12.6. The van der Waals surface area contributed by atoms with E-state index in [1.165, 1.54) is 11.1 Å².